The number of hydrogen-bond donors (Lipinski definition) is 1. The Morgan fingerprint density at radius 3 is 2.33 bits per heavy atom. The van der Waals surface area contributed by atoms with Crippen molar-refractivity contribution >= 4 is 17.7 Å². The van der Waals surface area contributed by atoms with Crippen molar-refractivity contribution in [3.8, 4) is 0 Å². The maximum Gasteiger partial charge on any atom is 0.280 e. The van der Waals surface area contributed by atoms with Gasteiger partial charge in [-0.05, 0) is 31.9 Å². The van der Waals surface area contributed by atoms with Gasteiger partial charge in [-0.15, -0.1) is 0 Å². The molecule has 1 aromatic carbocycles. The molecule has 1 N–H and O–H groups in total. The van der Waals surface area contributed by atoms with E-state index >= 15 is 0 Å². The summed E-state index contributed by atoms with van der Waals surface area (Å²) in [7, 11) is 3.21. The number of piperidine rings is 1. The lowest BCUT2D eigenvalue weighted by molar-refractivity contribution is -0.385. The highest BCUT2D eigenvalue weighted by molar-refractivity contribution is 5.83. The van der Waals surface area contributed by atoms with Crippen LogP contribution in [0.5, 0.6) is 0 Å². The van der Waals surface area contributed by atoms with Gasteiger partial charge in [0.15, 0.2) is 12.6 Å². The Balaban J connectivity index is 0.000000413. The number of nitro groups is 1. The maximum atomic E-state index is 10.9. The van der Waals surface area contributed by atoms with Crippen molar-refractivity contribution < 1.29 is 24.3 Å². The van der Waals surface area contributed by atoms with E-state index in [2.05, 4.69) is 9.47 Å². The lowest BCUT2D eigenvalue weighted by Gasteiger charge is -2.31. The molecule has 0 unspecified atom stereocenters. The summed E-state index contributed by atoms with van der Waals surface area (Å²) in [5.41, 5.74) is 0.698. The fourth-order valence-electron chi connectivity index (χ4n) is 2.22. The van der Waals surface area contributed by atoms with Crippen molar-refractivity contribution in [3.63, 3.8) is 0 Å². The first-order valence-electron chi connectivity index (χ1n) is 7.65. The Kier molecular flexibility index (Phi) is 8.31. The van der Waals surface area contributed by atoms with Crippen LogP contribution in [0, 0.1) is 10.1 Å². The van der Waals surface area contributed by atoms with Crippen LogP contribution in [0.3, 0.4) is 0 Å². The molecule has 1 heterocycles. The molecule has 1 aromatic rings. The number of hydrogen-bond acceptors (Lipinski definition) is 7. The molecule has 0 aromatic heterocycles. The van der Waals surface area contributed by atoms with Gasteiger partial charge >= 0.3 is 0 Å². The topological polar surface area (TPSA) is 102 Å². The van der Waals surface area contributed by atoms with Gasteiger partial charge in [-0.3, -0.25) is 14.9 Å². The quantitative estimate of drug-likeness (QED) is 0.378. The molecule has 1 aliphatic rings. The van der Waals surface area contributed by atoms with Crippen LogP contribution in [0.1, 0.15) is 30.1 Å². The highest BCUT2D eigenvalue weighted by Crippen LogP contribution is 2.26. The summed E-state index contributed by atoms with van der Waals surface area (Å²) < 4.78 is 9.35. The van der Waals surface area contributed by atoms with Crippen LogP contribution < -0.4 is 4.90 Å². The van der Waals surface area contributed by atoms with Gasteiger partial charge in [0.2, 0.25) is 0 Å². The molecule has 134 valence electrons. The number of benzene rings is 1. The third kappa shape index (κ3) is 5.88. The maximum absolute atomic E-state index is 10.9. The third-order valence-electron chi connectivity index (χ3n) is 3.83. The van der Waals surface area contributed by atoms with Crippen LogP contribution in [-0.4, -0.2) is 56.0 Å². The second-order valence-electron chi connectivity index (χ2n) is 5.38. The molecule has 0 spiro atoms. The molecule has 0 amide bonds. The Morgan fingerprint density at radius 2 is 1.92 bits per heavy atom. The standard InChI is InChI=1S/C12H14N2O4.C4H10O2/c15-8-9-7-10(1-2-12(9)14(17)18)13-5-3-11(16)4-6-13;1-4(5-2)6-3/h1-2,7-8,11,16H,3-6H2;4H,1-3H3. The van der Waals surface area contributed by atoms with Crippen LogP contribution in [0.25, 0.3) is 0 Å². The van der Waals surface area contributed by atoms with Crippen LogP contribution in [-0.2, 0) is 9.47 Å². The Labute approximate surface area is 141 Å². The molecule has 1 aliphatic heterocycles. The van der Waals surface area contributed by atoms with E-state index in [4.69, 9.17) is 0 Å². The molecule has 0 atom stereocenters. The molecule has 0 saturated carbocycles. The summed E-state index contributed by atoms with van der Waals surface area (Å²) in [6.45, 7) is 3.22. The minimum Gasteiger partial charge on any atom is -0.393 e. The lowest BCUT2D eigenvalue weighted by Crippen LogP contribution is -2.35. The number of aliphatic hydroxyl groups excluding tert-OH is 1. The van der Waals surface area contributed by atoms with Crippen molar-refractivity contribution in [1.82, 2.24) is 0 Å². The van der Waals surface area contributed by atoms with Gasteiger partial charge in [0.1, 0.15) is 0 Å². The van der Waals surface area contributed by atoms with E-state index in [1.54, 1.807) is 20.3 Å². The fourth-order valence-corrected chi connectivity index (χ4v) is 2.22. The van der Waals surface area contributed by atoms with E-state index in [9.17, 15) is 20.0 Å². The predicted molar refractivity (Wildman–Crippen MR) is 89.4 cm³/mol. The van der Waals surface area contributed by atoms with Crippen molar-refractivity contribution in [2.24, 2.45) is 0 Å². The van der Waals surface area contributed by atoms with E-state index < -0.39 is 4.92 Å². The monoisotopic (exact) mass is 340 g/mol. The Bertz CT molecular complexity index is 539. The highest BCUT2D eigenvalue weighted by atomic mass is 16.7. The van der Waals surface area contributed by atoms with Crippen molar-refractivity contribution in [3.05, 3.63) is 33.9 Å². The highest BCUT2D eigenvalue weighted by Gasteiger charge is 2.20. The van der Waals surface area contributed by atoms with Gasteiger partial charge in [-0.1, -0.05) is 0 Å². The number of anilines is 1. The zero-order chi connectivity index (χ0) is 18.1. The molecule has 8 heteroatoms. The first-order chi connectivity index (χ1) is 11.4. The smallest absolute Gasteiger partial charge is 0.280 e. The third-order valence-corrected chi connectivity index (χ3v) is 3.83. The van der Waals surface area contributed by atoms with Gasteiger partial charge in [0.25, 0.3) is 5.69 Å². The number of aliphatic hydroxyl groups is 1. The second kappa shape index (κ2) is 9.96. The molecule has 1 fully saturated rings. The van der Waals surface area contributed by atoms with Crippen LogP contribution in [0.4, 0.5) is 11.4 Å². The molecule has 8 nitrogen and oxygen atoms in total. The molecule has 1 saturated heterocycles. The van der Waals surface area contributed by atoms with Crippen molar-refractivity contribution in [1.29, 1.82) is 0 Å². The van der Waals surface area contributed by atoms with Crippen molar-refractivity contribution in [2.45, 2.75) is 32.2 Å². The number of nitro benzene ring substituents is 1. The fraction of sp³-hybridized carbons (Fsp3) is 0.562. The van der Waals surface area contributed by atoms with Gasteiger partial charge in [0, 0.05) is 39.1 Å². The predicted octanol–water partition coefficient (Wildman–Crippen LogP) is 1.99. The van der Waals surface area contributed by atoms with E-state index in [0.29, 0.717) is 32.2 Å². The number of ether oxygens (including phenoxy) is 2. The number of carbonyl (C=O) groups is 1. The summed E-state index contributed by atoms with van der Waals surface area (Å²) in [5.74, 6) is 0. The van der Waals surface area contributed by atoms with E-state index in [1.807, 2.05) is 11.8 Å². The van der Waals surface area contributed by atoms with E-state index in [0.717, 1.165) is 5.69 Å². The van der Waals surface area contributed by atoms with Crippen LogP contribution >= 0.6 is 0 Å². The number of nitrogens with zero attached hydrogens (tertiary/aromatic N) is 2. The van der Waals surface area contributed by atoms with Crippen LogP contribution in [0.2, 0.25) is 0 Å². The van der Waals surface area contributed by atoms with Gasteiger partial charge in [-0.2, -0.15) is 0 Å². The number of aldehydes is 1. The molecule has 24 heavy (non-hydrogen) atoms. The van der Waals surface area contributed by atoms with Crippen molar-refractivity contribution in [2.75, 3.05) is 32.2 Å². The van der Waals surface area contributed by atoms with Gasteiger partial charge in [0.05, 0.1) is 16.6 Å². The molecular weight excluding hydrogens is 316 g/mol. The number of carbonyl (C=O) groups excluding carboxylic acids is 1. The molecule has 0 aliphatic carbocycles. The number of rotatable bonds is 5. The summed E-state index contributed by atoms with van der Waals surface area (Å²) in [6, 6.07) is 4.52. The van der Waals surface area contributed by atoms with Crippen LogP contribution in [0.15, 0.2) is 18.2 Å². The first-order valence-corrected chi connectivity index (χ1v) is 7.65. The SMILES string of the molecule is COC(C)OC.O=Cc1cc(N2CCC(O)CC2)ccc1[N+](=O)[O-]. The largest absolute Gasteiger partial charge is 0.393 e. The summed E-state index contributed by atoms with van der Waals surface area (Å²) in [6.07, 6.45) is 1.51. The van der Waals surface area contributed by atoms with Gasteiger partial charge in [-0.25, -0.2) is 0 Å². The molecular formula is C16H24N2O6. The van der Waals surface area contributed by atoms with E-state index in [-0.39, 0.29) is 23.6 Å². The average molecular weight is 340 g/mol. The summed E-state index contributed by atoms with van der Waals surface area (Å²) >= 11 is 0. The normalized spacial score (nSPS) is 15.0. The molecule has 0 radical (unpaired) electrons. The Hall–Kier alpha value is -2.03. The summed E-state index contributed by atoms with van der Waals surface area (Å²) in [5, 5.41) is 20.1. The average Bonchev–Trinajstić information content (AvgIpc) is 2.61. The lowest BCUT2D eigenvalue weighted by atomic mass is 10.1. The second-order valence-corrected chi connectivity index (χ2v) is 5.38. The molecule has 0 bridgehead atoms. The van der Waals surface area contributed by atoms with E-state index in [1.165, 1.54) is 12.1 Å². The minimum absolute atomic E-state index is 0.0648. The Morgan fingerprint density at radius 1 is 1.33 bits per heavy atom. The summed E-state index contributed by atoms with van der Waals surface area (Å²) in [4.78, 5) is 23.0. The molecule has 2 rings (SSSR count). The zero-order valence-corrected chi connectivity index (χ0v) is 14.2. The zero-order valence-electron chi connectivity index (χ0n) is 14.2. The van der Waals surface area contributed by atoms with Gasteiger partial charge < -0.3 is 19.5 Å². The first kappa shape index (κ1) is 20.0. The number of methoxy groups -OCH3 is 2. The minimum atomic E-state index is -0.562.